The van der Waals surface area contributed by atoms with Gasteiger partial charge in [0.1, 0.15) is 0 Å². The molecule has 3 aliphatic heterocycles. The molecule has 4 bridgehead atoms. The van der Waals surface area contributed by atoms with Crippen LogP contribution in [-0.4, -0.2) is 60.4 Å². The predicted molar refractivity (Wildman–Crippen MR) is 113 cm³/mol. The molecule has 3 aliphatic rings. The van der Waals surface area contributed by atoms with Gasteiger partial charge in [-0.1, -0.05) is 41.5 Å². The summed E-state index contributed by atoms with van der Waals surface area (Å²) in [6.45, 7) is 12.1. The van der Waals surface area contributed by atoms with Crippen molar-refractivity contribution in [3.63, 3.8) is 0 Å². The maximum atomic E-state index is 6.75. The fraction of sp³-hybridized carbons (Fsp3) is 1.00. The van der Waals surface area contributed by atoms with Gasteiger partial charge in [0, 0.05) is 37.3 Å². The summed E-state index contributed by atoms with van der Waals surface area (Å²) in [4.78, 5) is 0. The molecule has 28 heavy (non-hydrogen) atoms. The van der Waals surface area contributed by atoms with Crippen molar-refractivity contribution in [2.24, 2.45) is 0 Å². The lowest BCUT2D eigenvalue weighted by molar-refractivity contribution is 0.00975. The maximum absolute atomic E-state index is 6.75. The topological polar surface area (TPSA) is 83.1 Å². The van der Waals surface area contributed by atoms with Gasteiger partial charge in [0.15, 0.2) is 0 Å². The van der Waals surface area contributed by atoms with E-state index >= 15 is 0 Å². The third-order valence-electron chi connectivity index (χ3n) is 5.17. The first kappa shape index (κ1) is 23.6. The number of hydrogen-bond acceptors (Lipinski definition) is 9. The summed E-state index contributed by atoms with van der Waals surface area (Å²) in [5, 5.41) is 0. The first-order valence-electron chi connectivity index (χ1n) is 10.2. The minimum Gasteiger partial charge on any atom is -0.393 e. The molecule has 0 N–H and O–H groups in total. The standard InChI is InChI=1S/C13H33O9Si6/c1-8-23-15-25(10-3)17-24(9-2,14-7)18-27(12-5)20-26(11-4,16-23)21-28(13-6,19-25)22-27/h8-13H2,1-7H3. The van der Waals surface area contributed by atoms with Crippen LogP contribution in [0.15, 0.2) is 0 Å². The van der Waals surface area contributed by atoms with Gasteiger partial charge in [-0.15, -0.1) is 0 Å². The van der Waals surface area contributed by atoms with Crippen LogP contribution in [0.2, 0.25) is 36.3 Å². The molecule has 0 aliphatic carbocycles. The third-order valence-corrected chi connectivity index (χ3v) is 29.9. The van der Waals surface area contributed by atoms with Crippen LogP contribution in [0.25, 0.3) is 0 Å². The largest absolute Gasteiger partial charge is 0.485 e. The molecule has 163 valence electrons. The zero-order chi connectivity index (χ0) is 20.7. The van der Waals surface area contributed by atoms with Crippen LogP contribution in [0.1, 0.15) is 41.5 Å². The summed E-state index contributed by atoms with van der Waals surface area (Å²) < 4.78 is 58.8. The molecule has 1 radical (unpaired) electrons. The minimum absolute atomic E-state index is 0.579. The lowest BCUT2D eigenvalue weighted by Gasteiger charge is -2.57. The van der Waals surface area contributed by atoms with Crippen molar-refractivity contribution in [2.45, 2.75) is 77.8 Å². The van der Waals surface area contributed by atoms with Crippen molar-refractivity contribution >= 4 is 53.3 Å². The van der Waals surface area contributed by atoms with E-state index < -0.39 is 53.3 Å². The van der Waals surface area contributed by atoms with Gasteiger partial charge in [-0.2, -0.15) is 0 Å². The molecule has 3 heterocycles. The van der Waals surface area contributed by atoms with E-state index in [-0.39, 0.29) is 0 Å². The van der Waals surface area contributed by atoms with E-state index in [1.54, 1.807) is 7.11 Å². The summed E-state index contributed by atoms with van der Waals surface area (Å²) in [6, 6.07) is 3.71. The average molecular weight is 502 g/mol. The van der Waals surface area contributed by atoms with Gasteiger partial charge in [-0.3, -0.25) is 0 Å². The molecule has 0 aromatic heterocycles. The third kappa shape index (κ3) is 4.05. The fourth-order valence-corrected chi connectivity index (χ4v) is 35.4. The number of fused-ring (bicyclic) bond motifs is 3. The molecule has 0 saturated carbocycles. The van der Waals surface area contributed by atoms with E-state index in [0.717, 1.165) is 6.04 Å². The Morgan fingerprint density at radius 1 is 0.571 bits per heavy atom. The van der Waals surface area contributed by atoms with Crippen molar-refractivity contribution < 1.29 is 37.3 Å². The zero-order valence-corrected chi connectivity index (χ0v) is 23.9. The number of rotatable bonds is 7. The molecule has 5 atom stereocenters. The molecular formula is C13H33O9Si6. The highest BCUT2D eigenvalue weighted by Gasteiger charge is 2.75. The SMILES string of the molecule is CC[Si]1O[Si]2(CC)O[Si](CC)(OC)O[Si]3(CC)O[Si](CC)(O1)O[Si](CC)(O2)O3. The zero-order valence-electron chi connectivity index (χ0n) is 17.9. The Hall–Kier alpha value is 0.941. The fourth-order valence-electron chi connectivity index (χ4n) is 3.44. The van der Waals surface area contributed by atoms with Crippen LogP contribution in [0.5, 0.6) is 0 Å². The van der Waals surface area contributed by atoms with E-state index in [1.165, 1.54) is 0 Å². The maximum Gasteiger partial charge on any atom is 0.485 e. The molecule has 3 fully saturated rings. The van der Waals surface area contributed by atoms with Crippen molar-refractivity contribution in [1.82, 2.24) is 0 Å². The minimum atomic E-state index is -3.19. The van der Waals surface area contributed by atoms with Gasteiger partial charge < -0.3 is 37.3 Å². The summed E-state index contributed by atoms with van der Waals surface area (Å²) >= 11 is 0. The molecule has 9 nitrogen and oxygen atoms in total. The quantitative estimate of drug-likeness (QED) is 0.488. The molecule has 3 saturated heterocycles. The van der Waals surface area contributed by atoms with Crippen molar-refractivity contribution in [3.8, 4) is 0 Å². The van der Waals surface area contributed by atoms with E-state index in [2.05, 4.69) is 6.92 Å². The highest BCUT2D eigenvalue weighted by Crippen LogP contribution is 2.46. The second-order valence-corrected chi connectivity index (χ2v) is 25.7. The van der Waals surface area contributed by atoms with Crippen molar-refractivity contribution in [1.29, 1.82) is 0 Å². The first-order chi connectivity index (χ1) is 13.2. The molecule has 5 unspecified atom stereocenters. The Bertz CT molecular complexity index is 559. The average Bonchev–Trinajstić information content (AvgIpc) is 2.70. The summed E-state index contributed by atoms with van der Waals surface area (Å²) in [6.07, 6.45) is 0. The monoisotopic (exact) mass is 501 g/mol. The van der Waals surface area contributed by atoms with Crippen LogP contribution < -0.4 is 0 Å². The van der Waals surface area contributed by atoms with Gasteiger partial charge in [-0.05, 0) is 6.04 Å². The second-order valence-electron chi connectivity index (χ2n) is 6.93. The molecule has 15 heteroatoms. The van der Waals surface area contributed by atoms with Crippen LogP contribution in [0.3, 0.4) is 0 Å². The van der Waals surface area contributed by atoms with E-state index in [4.69, 9.17) is 37.3 Å². The molecule has 3 rings (SSSR count). The van der Waals surface area contributed by atoms with Crippen LogP contribution >= 0.6 is 0 Å². The summed E-state index contributed by atoms with van der Waals surface area (Å²) in [5.41, 5.74) is 0. The molecular weight excluding hydrogens is 469 g/mol. The van der Waals surface area contributed by atoms with Gasteiger partial charge >= 0.3 is 53.3 Å². The van der Waals surface area contributed by atoms with Crippen LogP contribution in [0.4, 0.5) is 0 Å². The van der Waals surface area contributed by atoms with Gasteiger partial charge in [-0.25, -0.2) is 0 Å². The smallest absolute Gasteiger partial charge is 0.393 e. The van der Waals surface area contributed by atoms with Crippen LogP contribution in [-0.2, 0) is 37.3 Å². The lowest BCUT2D eigenvalue weighted by Crippen LogP contribution is -2.82. The normalized spacial score (nSPS) is 46.8. The summed E-state index contributed by atoms with van der Waals surface area (Å²) in [5.74, 6) is 0. The van der Waals surface area contributed by atoms with Gasteiger partial charge in [0.2, 0.25) is 0 Å². The lowest BCUT2D eigenvalue weighted by atomic mass is 11.0. The van der Waals surface area contributed by atoms with Crippen molar-refractivity contribution in [2.75, 3.05) is 7.11 Å². The Balaban J connectivity index is 2.22. The molecule has 0 aromatic carbocycles. The van der Waals surface area contributed by atoms with Crippen LogP contribution in [0, 0.1) is 0 Å². The van der Waals surface area contributed by atoms with Gasteiger partial charge in [0.05, 0.1) is 0 Å². The Labute approximate surface area is 175 Å². The highest BCUT2D eigenvalue weighted by molar-refractivity contribution is 6.98. The second kappa shape index (κ2) is 8.47. The van der Waals surface area contributed by atoms with E-state index in [9.17, 15) is 0 Å². The van der Waals surface area contributed by atoms with E-state index in [0.29, 0.717) is 30.2 Å². The molecule has 0 spiro atoms. The molecule has 0 aromatic rings. The number of hydrogen-bond donors (Lipinski definition) is 0. The molecule has 0 amide bonds. The first-order valence-corrected chi connectivity index (χ1v) is 21.4. The Kier molecular flexibility index (Phi) is 7.14. The Morgan fingerprint density at radius 3 is 1.36 bits per heavy atom. The Morgan fingerprint density at radius 2 is 0.964 bits per heavy atom. The predicted octanol–water partition coefficient (Wildman–Crippen LogP) is 3.11. The van der Waals surface area contributed by atoms with E-state index in [1.807, 2.05) is 34.6 Å². The van der Waals surface area contributed by atoms with Gasteiger partial charge in [0.25, 0.3) is 0 Å². The van der Waals surface area contributed by atoms with Crippen molar-refractivity contribution in [3.05, 3.63) is 0 Å². The highest BCUT2D eigenvalue weighted by atomic mass is 28.6. The summed E-state index contributed by atoms with van der Waals surface area (Å²) in [7, 11) is -15.8.